The minimum atomic E-state index is -0.144. The molecule has 4 heteroatoms. The van der Waals surface area contributed by atoms with Crippen molar-refractivity contribution in [2.45, 2.75) is 39.5 Å². The summed E-state index contributed by atoms with van der Waals surface area (Å²) in [4.78, 5) is 17.7. The number of nitrogens with one attached hydrogen (secondary N) is 1. The fourth-order valence-corrected chi connectivity index (χ4v) is 4.12. The van der Waals surface area contributed by atoms with Crippen molar-refractivity contribution >= 4 is 17.3 Å². The molecule has 1 fully saturated rings. The van der Waals surface area contributed by atoms with Gasteiger partial charge in [0.25, 0.3) is 0 Å². The summed E-state index contributed by atoms with van der Waals surface area (Å²) >= 11 is 0. The van der Waals surface area contributed by atoms with Crippen molar-refractivity contribution < 1.29 is 4.79 Å². The molecule has 0 bridgehead atoms. The highest BCUT2D eigenvalue weighted by molar-refractivity contribution is 6.11. The number of Topliss-reactive ketones (excluding diaryl/α,β-unsaturated/α-hetero) is 1. The molecule has 0 spiro atoms. The van der Waals surface area contributed by atoms with Crippen molar-refractivity contribution in [3.05, 3.63) is 47.2 Å². The van der Waals surface area contributed by atoms with E-state index in [4.69, 9.17) is 4.99 Å². The maximum Gasteiger partial charge on any atom is 0.177 e. The first kappa shape index (κ1) is 14.4. The number of ketones is 1. The van der Waals surface area contributed by atoms with Gasteiger partial charge in [0, 0.05) is 29.3 Å². The quantitative estimate of drug-likeness (QED) is 0.867. The molecule has 0 radical (unpaired) electrons. The predicted molar refractivity (Wildman–Crippen MR) is 90.2 cm³/mol. The lowest BCUT2D eigenvalue weighted by molar-refractivity contribution is -0.124. The number of aliphatic imine (C=N–C) groups is 1. The summed E-state index contributed by atoms with van der Waals surface area (Å²) in [5, 5.41) is 7.43. The first-order valence-corrected chi connectivity index (χ1v) is 8.16. The first-order chi connectivity index (χ1) is 11.0. The Labute approximate surface area is 136 Å². The van der Waals surface area contributed by atoms with Gasteiger partial charge in [-0.2, -0.15) is 5.10 Å². The summed E-state index contributed by atoms with van der Waals surface area (Å²) < 4.78 is 0. The SMILES string of the molecule is Cc1[nH]nc2c1C(c1ccccc1)C1C(=O)CC(C)(C)CC1=N2. The molecule has 1 aromatic heterocycles. The van der Waals surface area contributed by atoms with Crippen molar-refractivity contribution in [1.82, 2.24) is 10.2 Å². The van der Waals surface area contributed by atoms with Crippen LogP contribution in [0.15, 0.2) is 35.3 Å². The minimum absolute atomic E-state index is 0.0174. The average Bonchev–Trinajstić information content (AvgIpc) is 2.86. The molecule has 1 aliphatic carbocycles. The van der Waals surface area contributed by atoms with Crippen molar-refractivity contribution in [2.24, 2.45) is 16.3 Å². The molecule has 1 aromatic carbocycles. The van der Waals surface area contributed by atoms with Crippen molar-refractivity contribution in [3.8, 4) is 0 Å². The van der Waals surface area contributed by atoms with E-state index in [1.54, 1.807) is 0 Å². The van der Waals surface area contributed by atoms with Crippen molar-refractivity contribution in [2.75, 3.05) is 0 Å². The highest BCUT2D eigenvalue weighted by Crippen LogP contribution is 2.48. The number of hydrogen-bond acceptors (Lipinski definition) is 3. The summed E-state index contributed by atoms with van der Waals surface area (Å²) in [5.74, 6) is 0.948. The Morgan fingerprint density at radius 1 is 1.13 bits per heavy atom. The largest absolute Gasteiger partial charge is 0.299 e. The van der Waals surface area contributed by atoms with E-state index in [2.05, 4.69) is 36.2 Å². The topological polar surface area (TPSA) is 58.1 Å². The molecule has 23 heavy (non-hydrogen) atoms. The smallest absolute Gasteiger partial charge is 0.177 e. The molecule has 2 aliphatic rings. The summed E-state index contributed by atoms with van der Waals surface area (Å²) in [5.41, 5.74) is 4.24. The van der Waals surface area contributed by atoms with Gasteiger partial charge >= 0.3 is 0 Å². The Hall–Kier alpha value is -2.23. The second-order valence-corrected chi connectivity index (χ2v) is 7.54. The molecule has 0 saturated heterocycles. The van der Waals surface area contributed by atoms with Gasteiger partial charge in [-0.25, -0.2) is 4.99 Å². The Morgan fingerprint density at radius 3 is 2.61 bits per heavy atom. The molecule has 1 N–H and O–H groups in total. The number of H-pyrrole nitrogens is 1. The van der Waals surface area contributed by atoms with Gasteiger partial charge in [0.1, 0.15) is 5.78 Å². The van der Waals surface area contributed by atoms with Gasteiger partial charge in [-0.15, -0.1) is 0 Å². The summed E-state index contributed by atoms with van der Waals surface area (Å²) in [7, 11) is 0. The molecule has 2 atom stereocenters. The number of nitrogens with zero attached hydrogens (tertiary/aromatic N) is 2. The van der Waals surface area contributed by atoms with Gasteiger partial charge in [0.05, 0.1) is 5.92 Å². The molecule has 2 unspecified atom stereocenters. The van der Waals surface area contributed by atoms with Crippen LogP contribution in [0.5, 0.6) is 0 Å². The van der Waals surface area contributed by atoms with E-state index >= 15 is 0 Å². The predicted octanol–water partition coefficient (Wildman–Crippen LogP) is 3.94. The second kappa shape index (κ2) is 4.88. The van der Waals surface area contributed by atoms with E-state index in [-0.39, 0.29) is 17.3 Å². The van der Waals surface area contributed by atoms with Crippen LogP contribution in [-0.2, 0) is 4.79 Å². The number of carbonyl (C=O) groups excluding carboxylic acids is 1. The van der Waals surface area contributed by atoms with Crippen LogP contribution < -0.4 is 0 Å². The molecule has 1 aliphatic heterocycles. The zero-order valence-corrected chi connectivity index (χ0v) is 13.8. The van der Waals surface area contributed by atoms with Crippen LogP contribution in [0.3, 0.4) is 0 Å². The summed E-state index contributed by atoms with van der Waals surface area (Å²) in [6, 6.07) is 10.3. The normalized spacial score (nSPS) is 25.5. The lowest BCUT2D eigenvalue weighted by Crippen LogP contribution is -2.42. The summed E-state index contributed by atoms with van der Waals surface area (Å²) in [6.45, 7) is 6.30. The van der Waals surface area contributed by atoms with Gasteiger partial charge in [-0.1, -0.05) is 44.2 Å². The van der Waals surface area contributed by atoms with Crippen molar-refractivity contribution in [3.63, 3.8) is 0 Å². The van der Waals surface area contributed by atoms with Crippen LogP contribution in [0, 0.1) is 18.3 Å². The van der Waals surface area contributed by atoms with E-state index in [0.717, 1.165) is 29.2 Å². The van der Waals surface area contributed by atoms with Crippen LogP contribution in [0.2, 0.25) is 0 Å². The highest BCUT2D eigenvalue weighted by Gasteiger charge is 2.46. The van der Waals surface area contributed by atoms with E-state index < -0.39 is 0 Å². The number of rotatable bonds is 1. The Kier molecular flexibility index (Phi) is 3.05. The molecule has 1 saturated carbocycles. The maximum atomic E-state index is 13.0. The molecule has 4 rings (SSSR count). The fraction of sp³-hybridized carbons (Fsp3) is 0.421. The van der Waals surface area contributed by atoms with E-state index in [9.17, 15) is 4.79 Å². The van der Waals surface area contributed by atoms with E-state index in [0.29, 0.717) is 12.2 Å². The number of benzene rings is 1. The van der Waals surface area contributed by atoms with Crippen LogP contribution in [0.25, 0.3) is 0 Å². The maximum absolute atomic E-state index is 13.0. The number of aryl methyl sites for hydroxylation is 1. The Bertz CT molecular complexity index is 801. The minimum Gasteiger partial charge on any atom is -0.299 e. The zero-order chi connectivity index (χ0) is 16.2. The Morgan fingerprint density at radius 2 is 1.87 bits per heavy atom. The molecule has 4 nitrogen and oxygen atoms in total. The van der Waals surface area contributed by atoms with Crippen LogP contribution in [0.4, 0.5) is 5.82 Å². The van der Waals surface area contributed by atoms with Gasteiger partial charge in [-0.3, -0.25) is 9.89 Å². The highest BCUT2D eigenvalue weighted by atomic mass is 16.1. The monoisotopic (exact) mass is 307 g/mol. The first-order valence-electron chi connectivity index (χ1n) is 8.16. The second-order valence-electron chi connectivity index (χ2n) is 7.54. The van der Waals surface area contributed by atoms with Crippen LogP contribution in [0.1, 0.15) is 49.4 Å². The number of fused-ring (bicyclic) bond motifs is 2. The molecule has 2 aromatic rings. The van der Waals surface area contributed by atoms with Crippen LogP contribution in [-0.4, -0.2) is 21.7 Å². The number of hydrogen-bond donors (Lipinski definition) is 1. The fourth-order valence-electron chi connectivity index (χ4n) is 4.12. The molecule has 2 heterocycles. The standard InChI is InChI=1S/C19H21N3O/c1-11-15-16(12-7-5-4-6-8-12)17-13(20-18(15)22-21-11)9-19(2,3)10-14(17)23/h4-8,16-17H,9-10H2,1-3H3,(H,21,22). The molecule has 0 amide bonds. The van der Waals surface area contributed by atoms with E-state index in [1.165, 1.54) is 5.56 Å². The summed E-state index contributed by atoms with van der Waals surface area (Å²) in [6.07, 6.45) is 1.48. The van der Waals surface area contributed by atoms with Gasteiger partial charge in [-0.05, 0) is 24.3 Å². The van der Waals surface area contributed by atoms with Crippen LogP contribution >= 0.6 is 0 Å². The van der Waals surface area contributed by atoms with Gasteiger partial charge in [0.15, 0.2) is 5.82 Å². The number of carbonyl (C=O) groups is 1. The lowest BCUT2D eigenvalue weighted by Gasteiger charge is -2.40. The lowest BCUT2D eigenvalue weighted by atomic mass is 9.64. The molecule has 118 valence electrons. The molecular formula is C19H21N3O. The Balaban J connectivity index is 1.92. The zero-order valence-electron chi connectivity index (χ0n) is 13.8. The van der Waals surface area contributed by atoms with E-state index in [1.807, 2.05) is 25.1 Å². The third kappa shape index (κ3) is 2.24. The third-order valence-electron chi connectivity index (χ3n) is 5.05. The average molecular weight is 307 g/mol. The van der Waals surface area contributed by atoms with Crippen molar-refractivity contribution in [1.29, 1.82) is 0 Å². The molecular weight excluding hydrogens is 286 g/mol. The number of aromatic amines is 1. The number of aromatic nitrogens is 2. The van der Waals surface area contributed by atoms with Gasteiger partial charge in [0.2, 0.25) is 0 Å². The van der Waals surface area contributed by atoms with Gasteiger partial charge < -0.3 is 0 Å². The third-order valence-corrected chi connectivity index (χ3v) is 5.05.